The molecule has 1 aromatic rings. The summed E-state index contributed by atoms with van der Waals surface area (Å²) < 4.78 is 49.5. The molecular formula is C16H20F3NO3. The highest BCUT2D eigenvalue weighted by molar-refractivity contribution is 5.78. The molecule has 1 saturated heterocycles. The Morgan fingerprint density at radius 2 is 2.04 bits per heavy atom. The minimum absolute atomic E-state index is 0.0979. The van der Waals surface area contributed by atoms with Gasteiger partial charge in [0.25, 0.3) is 5.91 Å². The normalized spacial score (nSPS) is 22.1. The number of alkyl halides is 3. The fourth-order valence-corrected chi connectivity index (χ4v) is 2.38. The summed E-state index contributed by atoms with van der Waals surface area (Å²) in [6.45, 7) is 4.40. The molecule has 0 bridgehead atoms. The van der Waals surface area contributed by atoms with Gasteiger partial charge in [-0.3, -0.25) is 4.79 Å². The number of morpholine rings is 1. The summed E-state index contributed by atoms with van der Waals surface area (Å²) in [5, 5.41) is 0. The van der Waals surface area contributed by atoms with Crippen molar-refractivity contribution in [1.29, 1.82) is 0 Å². The average molecular weight is 331 g/mol. The van der Waals surface area contributed by atoms with E-state index >= 15 is 0 Å². The number of hydrogen-bond donors (Lipinski definition) is 0. The van der Waals surface area contributed by atoms with Crippen LogP contribution in [-0.4, -0.2) is 48.9 Å². The predicted octanol–water partition coefficient (Wildman–Crippen LogP) is 2.86. The van der Waals surface area contributed by atoms with E-state index in [1.807, 2.05) is 19.9 Å². The first-order valence-electron chi connectivity index (χ1n) is 7.36. The number of aryl methyl sites for hydroxylation is 2. The Morgan fingerprint density at radius 1 is 1.35 bits per heavy atom. The van der Waals surface area contributed by atoms with Crippen LogP contribution in [0, 0.1) is 13.8 Å². The van der Waals surface area contributed by atoms with Crippen molar-refractivity contribution in [3.8, 4) is 5.75 Å². The summed E-state index contributed by atoms with van der Waals surface area (Å²) in [7, 11) is 0. The summed E-state index contributed by atoms with van der Waals surface area (Å²) in [6.07, 6.45) is -4.95. The van der Waals surface area contributed by atoms with Crippen LogP contribution in [-0.2, 0) is 9.53 Å². The van der Waals surface area contributed by atoms with Crippen molar-refractivity contribution in [3.05, 3.63) is 29.3 Å². The highest BCUT2D eigenvalue weighted by Gasteiger charge is 2.48. The molecule has 1 heterocycles. The summed E-state index contributed by atoms with van der Waals surface area (Å²) in [4.78, 5) is 13.0. The van der Waals surface area contributed by atoms with Crippen LogP contribution in [0.2, 0.25) is 0 Å². The van der Waals surface area contributed by atoms with Crippen LogP contribution in [0.15, 0.2) is 18.2 Å². The van der Waals surface area contributed by atoms with E-state index < -0.39 is 37.4 Å². The molecule has 0 spiro atoms. The fourth-order valence-electron chi connectivity index (χ4n) is 2.38. The molecule has 0 N–H and O–H groups in total. The highest BCUT2D eigenvalue weighted by atomic mass is 19.4. The first-order valence-corrected chi connectivity index (χ1v) is 7.36. The van der Waals surface area contributed by atoms with Crippen molar-refractivity contribution < 1.29 is 27.4 Å². The van der Waals surface area contributed by atoms with E-state index in [4.69, 9.17) is 9.47 Å². The zero-order valence-corrected chi connectivity index (χ0v) is 13.3. The van der Waals surface area contributed by atoms with E-state index in [-0.39, 0.29) is 6.54 Å². The number of amides is 1. The number of carbonyl (C=O) groups excluding carboxylic acids is 1. The lowest BCUT2D eigenvalue weighted by atomic mass is 10.1. The zero-order valence-electron chi connectivity index (χ0n) is 13.3. The molecule has 128 valence electrons. The van der Waals surface area contributed by atoms with Gasteiger partial charge in [0.2, 0.25) is 0 Å². The summed E-state index contributed by atoms with van der Waals surface area (Å²) in [5.41, 5.74) is 2.06. The number of hydrogen-bond acceptors (Lipinski definition) is 3. The third-order valence-electron chi connectivity index (χ3n) is 3.91. The van der Waals surface area contributed by atoms with E-state index in [9.17, 15) is 18.0 Å². The number of halogens is 3. The molecule has 1 fully saturated rings. The first-order chi connectivity index (χ1) is 10.7. The Hall–Kier alpha value is -1.76. The van der Waals surface area contributed by atoms with Gasteiger partial charge in [-0.05, 0) is 44.0 Å². The van der Waals surface area contributed by atoms with Crippen LogP contribution in [0.5, 0.6) is 5.75 Å². The maximum Gasteiger partial charge on any atom is 0.411 e. The molecule has 0 aromatic heterocycles. The minimum Gasteiger partial charge on any atom is -0.484 e. The standard InChI is InChI=1S/C16H20F3NO3/c1-10-4-5-13(6-11(10)2)23-9-15(21)20-7-12(3)22-8-14(20)16(17,18)19/h4-6,12,14H,7-9H2,1-3H3. The van der Waals surface area contributed by atoms with Gasteiger partial charge < -0.3 is 14.4 Å². The fraction of sp³-hybridized carbons (Fsp3) is 0.562. The van der Waals surface area contributed by atoms with E-state index in [0.29, 0.717) is 5.75 Å². The number of carbonyl (C=O) groups is 1. The SMILES string of the molecule is Cc1ccc(OCC(=O)N2CC(C)OCC2C(F)(F)F)cc1C. The highest BCUT2D eigenvalue weighted by Crippen LogP contribution is 2.28. The molecule has 4 nitrogen and oxygen atoms in total. The van der Waals surface area contributed by atoms with Crippen molar-refractivity contribution in [1.82, 2.24) is 4.90 Å². The maximum absolute atomic E-state index is 13.0. The van der Waals surface area contributed by atoms with Gasteiger partial charge in [-0.2, -0.15) is 13.2 Å². The Morgan fingerprint density at radius 3 is 2.65 bits per heavy atom. The molecule has 1 aliphatic heterocycles. The molecule has 7 heteroatoms. The number of nitrogens with zero attached hydrogens (tertiary/aromatic N) is 1. The number of rotatable bonds is 3. The molecule has 0 saturated carbocycles. The number of benzene rings is 1. The first kappa shape index (κ1) is 17.6. The van der Waals surface area contributed by atoms with E-state index in [0.717, 1.165) is 16.0 Å². The van der Waals surface area contributed by atoms with E-state index in [1.165, 1.54) is 0 Å². The van der Waals surface area contributed by atoms with Gasteiger partial charge >= 0.3 is 6.18 Å². The van der Waals surface area contributed by atoms with Crippen molar-refractivity contribution in [2.75, 3.05) is 19.8 Å². The molecule has 23 heavy (non-hydrogen) atoms. The van der Waals surface area contributed by atoms with Crippen LogP contribution < -0.4 is 4.74 Å². The Kier molecular flexibility index (Phi) is 5.19. The molecule has 1 aliphatic rings. The molecule has 2 unspecified atom stereocenters. The number of ether oxygens (including phenoxy) is 2. The molecular weight excluding hydrogens is 311 g/mol. The average Bonchev–Trinajstić information content (AvgIpc) is 2.46. The van der Waals surface area contributed by atoms with Gasteiger partial charge in [0, 0.05) is 6.54 Å². The second-order valence-corrected chi connectivity index (χ2v) is 5.78. The van der Waals surface area contributed by atoms with Crippen LogP contribution in [0.25, 0.3) is 0 Å². The summed E-state index contributed by atoms with van der Waals surface area (Å²) in [6, 6.07) is 3.37. The monoisotopic (exact) mass is 331 g/mol. The lowest BCUT2D eigenvalue weighted by Crippen LogP contribution is -2.58. The largest absolute Gasteiger partial charge is 0.484 e. The van der Waals surface area contributed by atoms with Crippen LogP contribution in [0.3, 0.4) is 0 Å². The van der Waals surface area contributed by atoms with Gasteiger partial charge in [-0.25, -0.2) is 0 Å². The molecule has 2 rings (SSSR count). The second kappa shape index (κ2) is 6.78. The lowest BCUT2D eigenvalue weighted by Gasteiger charge is -2.39. The van der Waals surface area contributed by atoms with Gasteiger partial charge in [0.1, 0.15) is 5.75 Å². The maximum atomic E-state index is 13.0. The van der Waals surface area contributed by atoms with Crippen molar-refractivity contribution in [2.24, 2.45) is 0 Å². The Balaban J connectivity index is 2.03. The molecule has 1 amide bonds. The molecule has 1 aromatic carbocycles. The molecule has 0 aliphatic carbocycles. The Labute approximate surface area is 133 Å². The third-order valence-corrected chi connectivity index (χ3v) is 3.91. The molecule has 2 atom stereocenters. The minimum atomic E-state index is -4.52. The van der Waals surface area contributed by atoms with Gasteiger partial charge in [-0.1, -0.05) is 6.07 Å². The van der Waals surface area contributed by atoms with Crippen LogP contribution in [0.4, 0.5) is 13.2 Å². The third kappa shape index (κ3) is 4.37. The van der Waals surface area contributed by atoms with Crippen molar-refractivity contribution >= 4 is 5.91 Å². The summed E-state index contributed by atoms with van der Waals surface area (Å²) >= 11 is 0. The topological polar surface area (TPSA) is 38.8 Å². The van der Waals surface area contributed by atoms with Crippen LogP contribution >= 0.6 is 0 Å². The van der Waals surface area contributed by atoms with Gasteiger partial charge in [0.15, 0.2) is 12.6 Å². The molecule has 0 radical (unpaired) electrons. The van der Waals surface area contributed by atoms with Gasteiger partial charge in [0.05, 0.1) is 12.7 Å². The van der Waals surface area contributed by atoms with Crippen molar-refractivity contribution in [3.63, 3.8) is 0 Å². The lowest BCUT2D eigenvalue weighted by molar-refractivity contribution is -0.221. The smallest absolute Gasteiger partial charge is 0.411 e. The quantitative estimate of drug-likeness (QED) is 0.855. The zero-order chi connectivity index (χ0) is 17.2. The predicted molar refractivity (Wildman–Crippen MR) is 78.4 cm³/mol. The summed E-state index contributed by atoms with van der Waals surface area (Å²) in [5.74, 6) is -0.230. The van der Waals surface area contributed by atoms with Crippen molar-refractivity contribution in [2.45, 2.75) is 39.1 Å². The van der Waals surface area contributed by atoms with E-state index in [2.05, 4.69) is 0 Å². The van der Waals surface area contributed by atoms with Gasteiger partial charge in [-0.15, -0.1) is 0 Å². The van der Waals surface area contributed by atoms with E-state index in [1.54, 1.807) is 19.1 Å². The second-order valence-electron chi connectivity index (χ2n) is 5.78. The Bertz CT molecular complexity index is 574. The van der Waals surface area contributed by atoms with Crippen LogP contribution in [0.1, 0.15) is 18.1 Å².